The van der Waals surface area contributed by atoms with E-state index in [2.05, 4.69) is 29.0 Å². The van der Waals surface area contributed by atoms with Gasteiger partial charge in [0.1, 0.15) is 0 Å². The van der Waals surface area contributed by atoms with E-state index in [9.17, 15) is 0 Å². The van der Waals surface area contributed by atoms with Crippen molar-refractivity contribution in [3.05, 3.63) is 41.1 Å². The Balaban J connectivity index is 2.50. The molecule has 0 saturated heterocycles. The highest BCUT2D eigenvalue weighted by Crippen LogP contribution is 2.03. The maximum absolute atomic E-state index is 6.63. The molecule has 68 valence electrons. The molecule has 1 aromatic rings. The lowest BCUT2D eigenvalue weighted by atomic mass is 10.1. The van der Waals surface area contributed by atoms with E-state index < -0.39 is 0 Å². The molecule has 0 aliphatic heterocycles. The van der Waals surface area contributed by atoms with Crippen LogP contribution in [0.25, 0.3) is 5.73 Å². The van der Waals surface area contributed by atoms with Gasteiger partial charge in [-0.25, -0.2) is 0 Å². The largest absolute Gasteiger partial charge is 0.488 e. The Hall–Kier alpha value is -1.64. The van der Waals surface area contributed by atoms with Crippen molar-refractivity contribution in [2.24, 2.45) is 9.98 Å². The molecule has 1 N–H and O–H groups in total. The second kappa shape index (κ2) is 5.09. The van der Waals surface area contributed by atoms with Gasteiger partial charge in [-0.2, -0.15) is 0 Å². The lowest BCUT2D eigenvalue weighted by Gasteiger charge is -1.96. The lowest BCUT2D eigenvalue weighted by molar-refractivity contribution is 1.07. The van der Waals surface area contributed by atoms with Gasteiger partial charge in [-0.15, -0.1) is 6.34 Å². The van der Waals surface area contributed by atoms with Gasteiger partial charge in [0.15, 0.2) is 0 Å². The molecule has 3 nitrogen and oxygen atoms in total. The summed E-state index contributed by atoms with van der Waals surface area (Å²) in [5, 5.41) is 0. The Kier molecular flexibility index (Phi) is 3.70. The fraction of sp³-hybridized carbons (Fsp3) is 0.200. The number of aliphatic imine (C=N–C) groups is 2. The van der Waals surface area contributed by atoms with Crippen LogP contribution in [0.15, 0.2) is 34.3 Å². The minimum absolute atomic E-state index is 0.623. The molecule has 0 unspecified atom stereocenters. The normalized spacial score (nSPS) is 11.5. The molecule has 0 amide bonds. The van der Waals surface area contributed by atoms with Gasteiger partial charge < -0.3 is 10.7 Å². The molecular weight excluding hydrogens is 162 g/mol. The third kappa shape index (κ3) is 3.51. The lowest BCUT2D eigenvalue weighted by Crippen LogP contribution is -1.81. The zero-order valence-electron chi connectivity index (χ0n) is 7.57. The number of nitrogens with one attached hydrogen (secondary N) is 1. The summed E-state index contributed by atoms with van der Waals surface area (Å²) in [5.74, 6) is 0. The van der Waals surface area contributed by atoms with Crippen LogP contribution in [0.4, 0.5) is 0 Å². The van der Waals surface area contributed by atoms with Gasteiger partial charge in [-0.3, -0.25) is 4.99 Å². The average molecular weight is 174 g/mol. The summed E-state index contributed by atoms with van der Waals surface area (Å²) in [5.41, 5.74) is 9.03. The summed E-state index contributed by atoms with van der Waals surface area (Å²) in [7, 11) is 0. The zero-order valence-corrected chi connectivity index (χ0v) is 7.57. The summed E-state index contributed by atoms with van der Waals surface area (Å²) < 4.78 is 0. The highest BCUT2D eigenvalue weighted by atomic mass is 14.9. The Morgan fingerprint density at radius 3 is 2.62 bits per heavy atom. The summed E-state index contributed by atoms with van der Waals surface area (Å²) in [6.45, 7) is 2.68. The average Bonchev–Trinajstić information content (AvgIpc) is 2.15. The minimum atomic E-state index is 0.623. The molecule has 0 fully saturated rings. The van der Waals surface area contributed by atoms with Crippen LogP contribution in [0, 0.1) is 6.92 Å². The molecule has 1 rings (SSSR count). The first-order valence-corrected chi connectivity index (χ1v) is 4.05. The second-order valence-electron chi connectivity index (χ2n) is 2.72. The van der Waals surface area contributed by atoms with Gasteiger partial charge in [-0.05, 0) is 12.5 Å². The monoisotopic (exact) mass is 174 g/mol. The molecule has 3 heteroatoms. The van der Waals surface area contributed by atoms with Gasteiger partial charge in [-0.1, -0.05) is 29.8 Å². The van der Waals surface area contributed by atoms with Gasteiger partial charge in [0.2, 0.25) is 0 Å². The van der Waals surface area contributed by atoms with Gasteiger partial charge in [0.05, 0.1) is 6.54 Å². The van der Waals surface area contributed by atoms with Crippen molar-refractivity contribution in [2.45, 2.75) is 13.5 Å². The first-order valence-electron chi connectivity index (χ1n) is 4.05. The molecule has 0 aliphatic rings. The van der Waals surface area contributed by atoms with E-state index in [1.54, 1.807) is 0 Å². The molecule has 0 atom stereocenters. The highest BCUT2D eigenvalue weighted by molar-refractivity contribution is 5.75. The molecule has 0 bridgehead atoms. The number of hydrogen-bond acceptors (Lipinski definition) is 1. The van der Waals surface area contributed by atoms with E-state index in [1.165, 1.54) is 11.9 Å². The van der Waals surface area contributed by atoms with Crippen LogP contribution in [0.2, 0.25) is 0 Å². The summed E-state index contributed by atoms with van der Waals surface area (Å²) >= 11 is 0. The SMILES string of the molecule is Cc1ccc(CN=CN=C[NH-])cc1. The molecule has 1 aromatic carbocycles. The fourth-order valence-electron chi connectivity index (χ4n) is 0.920. The van der Waals surface area contributed by atoms with Gasteiger partial charge in [0, 0.05) is 6.34 Å². The summed E-state index contributed by atoms with van der Waals surface area (Å²) in [4.78, 5) is 7.57. The van der Waals surface area contributed by atoms with Crippen molar-refractivity contribution in [1.82, 2.24) is 0 Å². The molecular formula is C10H12N3-. The van der Waals surface area contributed by atoms with Crippen molar-refractivity contribution in [2.75, 3.05) is 0 Å². The van der Waals surface area contributed by atoms with Crippen LogP contribution in [0.5, 0.6) is 0 Å². The molecule has 0 saturated carbocycles. The maximum atomic E-state index is 6.63. The van der Waals surface area contributed by atoms with E-state index in [1.807, 2.05) is 12.1 Å². The fourth-order valence-corrected chi connectivity index (χ4v) is 0.920. The minimum Gasteiger partial charge on any atom is -0.488 e. The van der Waals surface area contributed by atoms with Gasteiger partial charge in [0.25, 0.3) is 0 Å². The Labute approximate surface area is 78.0 Å². The second-order valence-corrected chi connectivity index (χ2v) is 2.72. The molecule has 0 spiro atoms. The van der Waals surface area contributed by atoms with Crippen LogP contribution in [-0.2, 0) is 6.54 Å². The first-order chi connectivity index (χ1) is 6.33. The van der Waals surface area contributed by atoms with E-state index in [-0.39, 0.29) is 0 Å². The maximum Gasteiger partial charge on any atom is 0.0635 e. The van der Waals surface area contributed by atoms with E-state index >= 15 is 0 Å². The van der Waals surface area contributed by atoms with Crippen LogP contribution < -0.4 is 0 Å². The molecule has 0 radical (unpaired) electrons. The van der Waals surface area contributed by atoms with Crippen molar-refractivity contribution in [3.8, 4) is 0 Å². The van der Waals surface area contributed by atoms with Crippen LogP contribution in [-0.4, -0.2) is 12.7 Å². The van der Waals surface area contributed by atoms with E-state index in [4.69, 9.17) is 5.73 Å². The van der Waals surface area contributed by atoms with Gasteiger partial charge >= 0.3 is 0 Å². The molecule has 13 heavy (non-hydrogen) atoms. The number of hydrogen-bond donors (Lipinski definition) is 0. The Morgan fingerprint density at radius 2 is 2.00 bits per heavy atom. The number of aryl methyl sites for hydroxylation is 1. The molecule has 0 aromatic heterocycles. The number of rotatable bonds is 3. The predicted octanol–water partition coefficient (Wildman–Crippen LogP) is 2.60. The quantitative estimate of drug-likeness (QED) is 0.499. The summed E-state index contributed by atoms with van der Waals surface area (Å²) in [6, 6.07) is 8.19. The van der Waals surface area contributed by atoms with Crippen molar-refractivity contribution in [3.63, 3.8) is 0 Å². The van der Waals surface area contributed by atoms with Crippen LogP contribution in [0.1, 0.15) is 11.1 Å². The van der Waals surface area contributed by atoms with E-state index in [0.29, 0.717) is 6.54 Å². The Morgan fingerprint density at radius 1 is 1.31 bits per heavy atom. The topological polar surface area (TPSA) is 48.5 Å². The third-order valence-electron chi connectivity index (χ3n) is 1.62. The van der Waals surface area contributed by atoms with Crippen LogP contribution >= 0.6 is 0 Å². The standard InChI is InChI=1S/C10H12N3/c1-9-2-4-10(5-3-9)6-12-8-13-7-11/h2-5,7-8H,6H2,1H3,(H-,11,12,13)/q-1. The first kappa shape index (κ1) is 9.45. The molecule has 0 aliphatic carbocycles. The number of nitrogens with zero attached hydrogens (tertiary/aromatic N) is 2. The smallest absolute Gasteiger partial charge is 0.0635 e. The van der Waals surface area contributed by atoms with Crippen LogP contribution in [0.3, 0.4) is 0 Å². The Bertz CT molecular complexity index is 298. The zero-order chi connectivity index (χ0) is 9.52. The van der Waals surface area contributed by atoms with E-state index in [0.717, 1.165) is 11.9 Å². The van der Waals surface area contributed by atoms with Crippen molar-refractivity contribution >= 4 is 12.7 Å². The molecule has 0 heterocycles. The third-order valence-corrected chi connectivity index (χ3v) is 1.62. The number of benzene rings is 1. The summed E-state index contributed by atoms with van der Waals surface area (Å²) in [6.07, 6.45) is 2.37. The van der Waals surface area contributed by atoms with Crippen molar-refractivity contribution < 1.29 is 0 Å². The van der Waals surface area contributed by atoms with Crippen molar-refractivity contribution in [1.29, 1.82) is 0 Å². The highest BCUT2D eigenvalue weighted by Gasteiger charge is 1.87. The predicted molar refractivity (Wildman–Crippen MR) is 56.2 cm³/mol.